The Morgan fingerprint density at radius 3 is 2.79 bits per heavy atom. The molecule has 0 fully saturated rings. The van der Waals surface area contributed by atoms with E-state index < -0.39 is 0 Å². The predicted octanol–water partition coefficient (Wildman–Crippen LogP) is 3.46. The minimum absolute atomic E-state index is 0.560. The lowest BCUT2D eigenvalue weighted by molar-refractivity contribution is 1.21. The molecule has 3 aromatic rings. The summed E-state index contributed by atoms with van der Waals surface area (Å²) in [4.78, 5) is 5.31. The van der Waals surface area contributed by atoms with E-state index in [1.807, 2.05) is 18.2 Å². The van der Waals surface area contributed by atoms with Gasteiger partial charge in [0.05, 0.1) is 12.1 Å². The summed E-state index contributed by atoms with van der Waals surface area (Å²) in [5.41, 5.74) is 7.96. The molecular formula is C13H12N4S2. The highest BCUT2D eigenvalue weighted by Gasteiger charge is 2.13. The largest absolute Gasteiger partial charge is 0.382 e. The first-order valence-electron chi connectivity index (χ1n) is 5.76. The van der Waals surface area contributed by atoms with Crippen LogP contribution in [0.5, 0.6) is 0 Å². The van der Waals surface area contributed by atoms with Crippen molar-refractivity contribution in [2.45, 2.75) is 6.54 Å². The molecule has 4 nitrogen and oxygen atoms in total. The number of nitrogens with one attached hydrogen (secondary N) is 1. The summed E-state index contributed by atoms with van der Waals surface area (Å²) in [5, 5.41) is 6.47. The van der Waals surface area contributed by atoms with Crippen LogP contribution in [0.3, 0.4) is 0 Å². The van der Waals surface area contributed by atoms with E-state index in [1.54, 1.807) is 23.7 Å². The summed E-state index contributed by atoms with van der Waals surface area (Å²) in [7, 11) is 0. The van der Waals surface area contributed by atoms with Gasteiger partial charge < -0.3 is 11.1 Å². The van der Waals surface area contributed by atoms with Gasteiger partial charge in [-0.2, -0.15) is 4.37 Å². The number of hydrogen-bond acceptors (Lipinski definition) is 6. The molecule has 3 aromatic heterocycles. The van der Waals surface area contributed by atoms with E-state index in [4.69, 9.17) is 5.73 Å². The van der Waals surface area contributed by atoms with Crippen LogP contribution < -0.4 is 11.1 Å². The van der Waals surface area contributed by atoms with Crippen molar-refractivity contribution < 1.29 is 0 Å². The smallest absolute Gasteiger partial charge is 0.147 e. The Bertz CT molecular complexity index is 647. The van der Waals surface area contributed by atoms with Crippen molar-refractivity contribution in [2.75, 3.05) is 11.1 Å². The van der Waals surface area contributed by atoms with E-state index in [9.17, 15) is 0 Å². The zero-order valence-electron chi connectivity index (χ0n) is 10.0. The van der Waals surface area contributed by atoms with E-state index in [1.165, 1.54) is 16.4 Å². The fraction of sp³-hybridized carbons (Fsp3) is 0.0769. The first-order valence-corrected chi connectivity index (χ1v) is 7.41. The van der Waals surface area contributed by atoms with Crippen molar-refractivity contribution in [2.24, 2.45) is 0 Å². The van der Waals surface area contributed by atoms with Gasteiger partial charge in [-0.3, -0.25) is 4.98 Å². The summed E-state index contributed by atoms with van der Waals surface area (Å²) in [6.07, 6.45) is 3.52. The Morgan fingerprint density at radius 1 is 1.21 bits per heavy atom. The average molecular weight is 288 g/mol. The van der Waals surface area contributed by atoms with Crippen molar-refractivity contribution in [1.29, 1.82) is 0 Å². The normalized spacial score (nSPS) is 10.5. The van der Waals surface area contributed by atoms with Gasteiger partial charge >= 0.3 is 0 Å². The maximum Gasteiger partial charge on any atom is 0.147 e. The molecule has 3 N–H and O–H groups in total. The number of rotatable bonds is 4. The molecule has 0 saturated carbocycles. The summed E-state index contributed by atoms with van der Waals surface area (Å²) in [6, 6.07) is 8.04. The third kappa shape index (κ3) is 2.59. The molecule has 0 atom stereocenters. The van der Waals surface area contributed by atoms with Crippen LogP contribution >= 0.6 is 22.9 Å². The predicted molar refractivity (Wildman–Crippen MR) is 81.4 cm³/mol. The van der Waals surface area contributed by atoms with Crippen LogP contribution in [0.2, 0.25) is 0 Å². The molecule has 19 heavy (non-hydrogen) atoms. The Hall–Kier alpha value is -1.92. The van der Waals surface area contributed by atoms with Gasteiger partial charge in [-0.15, -0.1) is 11.3 Å². The van der Waals surface area contributed by atoms with Gasteiger partial charge in [0.25, 0.3) is 0 Å². The Balaban J connectivity index is 1.87. The molecule has 0 radical (unpaired) electrons. The second-order valence-corrected chi connectivity index (χ2v) is 5.75. The summed E-state index contributed by atoms with van der Waals surface area (Å²) < 4.78 is 4.23. The second-order valence-electron chi connectivity index (χ2n) is 3.94. The minimum Gasteiger partial charge on any atom is -0.382 e. The van der Waals surface area contributed by atoms with E-state index in [0.717, 1.165) is 22.7 Å². The maximum atomic E-state index is 5.96. The van der Waals surface area contributed by atoms with Crippen LogP contribution in [0.15, 0.2) is 42.0 Å². The highest BCUT2D eigenvalue weighted by Crippen LogP contribution is 2.36. The third-order valence-corrected chi connectivity index (χ3v) is 4.39. The monoisotopic (exact) mass is 288 g/mol. The molecule has 0 bridgehead atoms. The lowest BCUT2D eigenvalue weighted by atomic mass is 10.1. The number of nitrogen functional groups attached to an aromatic ring is 1. The number of nitrogens with zero attached hydrogens (tertiary/aromatic N) is 2. The zero-order chi connectivity index (χ0) is 13.1. The molecule has 0 aromatic carbocycles. The molecule has 3 heterocycles. The molecule has 0 aliphatic heterocycles. The molecular weight excluding hydrogens is 276 g/mol. The van der Waals surface area contributed by atoms with Crippen molar-refractivity contribution in [3.8, 4) is 11.1 Å². The molecule has 0 unspecified atom stereocenters. The maximum absolute atomic E-state index is 5.96. The first kappa shape index (κ1) is 12.1. The second kappa shape index (κ2) is 5.38. The molecule has 0 amide bonds. The van der Waals surface area contributed by atoms with E-state index in [-0.39, 0.29) is 0 Å². The average Bonchev–Trinajstić information content (AvgIpc) is 3.07. The standard InChI is InChI=1S/C13H12N4S2/c14-12-11(9-3-5-15-6-4-9)13(19-17-12)16-8-10-2-1-7-18-10/h1-7,16H,8H2,(H2,14,17). The SMILES string of the molecule is Nc1nsc(NCc2cccs2)c1-c1ccncc1. The fourth-order valence-corrected chi connectivity index (χ4v) is 3.18. The molecule has 0 spiro atoms. The quantitative estimate of drug-likeness (QED) is 0.771. The number of hydrogen-bond donors (Lipinski definition) is 2. The zero-order valence-corrected chi connectivity index (χ0v) is 11.7. The van der Waals surface area contributed by atoms with Crippen molar-refractivity contribution in [3.63, 3.8) is 0 Å². The molecule has 0 aliphatic carbocycles. The van der Waals surface area contributed by atoms with E-state index in [0.29, 0.717) is 5.82 Å². The van der Waals surface area contributed by atoms with Gasteiger partial charge in [0.2, 0.25) is 0 Å². The van der Waals surface area contributed by atoms with Crippen LogP contribution in [0.1, 0.15) is 4.88 Å². The van der Waals surface area contributed by atoms with Crippen LogP contribution in [0.25, 0.3) is 11.1 Å². The lowest BCUT2D eigenvalue weighted by Gasteiger charge is -2.06. The Labute approximate surface area is 119 Å². The van der Waals surface area contributed by atoms with E-state index >= 15 is 0 Å². The van der Waals surface area contributed by atoms with Gasteiger partial charge in [0.15, 0.2) is 0 Å². The lowest BCUT2D eigenvalue weighted by Crippen LogP contribution is -1.97. The third-order valence-electron chi connectivity index (χ3n) is 2.69. The van der Waals surface area contributed by atoms with Crippen LogP contribution in [-0.4, -0.2) is 9.36 Å². The first-order chi connectivity index (χ1) is 9.34. The van der Waals surface area contributed by atoms with Gasteiger partial charge in [-0.05, 0) is 40.7 Å². The summed E-state index contributed by atoms with van der Waals surface area (Å²) >= 11 is 3.12. The van der Waals surface area contributed by atoms with Crippen molar-refractivity contribution >= 4 is 33.7 Å². The van der Waals surface area contributed by atoms with Gasteiger partial charge in [0, 0.05) is 17.3 Å². The van der Waals surface area contributed by atoms with Gasteiger partial charge in [0.1, 0.15) is 10.8 Å². The highest BCUT2D eigenvalue weighted by atomic mass is 32.1. The Kier molecular flexibility index (Phi) is 3.43. The minimum atomic E-state index is 0.560. The topological polar surface area (TPSA) is 63.8 Å². The highest BCUT2D eigenvalue weighted by molar-refractivity contribution is 7.11. The molecule has 96 valence electrons. The number of nitrogens with two attached hydrogens (primary N) is 1. The number of aromatic nitrogens is 2. The fourth-order valence-electron chi connectivity index (χ4n) is 1.80. The number of thiophene rings is 1. The van der Waals surface area contributed by atoms with Gasteiger partial charge in [-0.25, -0.2) is 0 Å². The molecule has 3 rings (SSSR count). The molecule has 0 saturated heterocycles. The Morgan fingerprint density at radius 2 is 2.05 bits per heavy atom. The van der Waals surface area contributed by atoms with Crippen LogP contribution in [0, 0.1) is 0 Å². The number of anilines is 2. The summed E-state index contributed by atoms with van der Waals surface area (Å²) in [6.45, 7) is 0.789. The molecule has 6 heteroatoms. The molecule has 0 aliphatic rings. The number of pyridine rings is 1. The van der Waals surface area contributed by atoms with Gasteiger partial charge in [-0.1, -0.05) is 6.07 Å². The van der Waals surface area contributed by atoms with Crippen LogP contribution in [-0.2, 0) is 6.54 Å². The van der Waals surface area contributed by atoms with Crippen LogP contribution in [0.4, 0.5) is 10.8 Å². The summed E-state index contributed by atoms with van der Waals surface area (Å²) in [5.74, 6) is 0.560. The van der Waals surface area contributed by atoms with Crippen molar-refractivity contribution in [3.05, 3.63) is 46.9 Å². The van der Waals surface area contributed by atoms with Crippen molar-refractivity contribution in [1.82, 2.24) is 9.36 Å². The van der Waals surface area contributed by atoms with E-state index in [2.05, 4.69) is 26.1 Å².